The number of likely N-dealkylation sites (N-methyl/N-ethyl adjacent to an activating group) is 1. The molecule has 7 nitrogen and oxygen atoms in total. The first kappa shape index (κ1) is 18.4. The summed E-state index contributed by atoms with van der Waals surface area (Å²) < 4.78 is 0. The molecule has 0 radical (unpaired) electrons. The zero-order valence-corrected chi connectivity index (χ0v) is 13.8. The van der Waals surface area contributed by atoms with Crippen molar-refractivity contribution in [1.29, 1.82) is 10.8 Å². The first-order chi connectivity index (χ1) is 10.7. The van der Waals surface area contributed by atoms with Gasteiger partial charge in [-0.05, 0) is 30.4 Å². The Labute approximate surface area is 139 Å². The van der Waals surface area contributed by atoms with E-state index >= 15 is 0 Å². The Balaban J connectivity index is 2.88. The second kappa shape index (κ2) is 8.09. The molecule has 0 bridgehead atoms. The highest BCUT2D eigenvalue weighted by Crippen LogP contribution is 2.21. The van der Waals surface area contributed by atoms with Crippen LogP contribution in [0.25, 0.3) is 0 Å². The Morgan fingerprint density at radius 2 is 1.87 bits per heavy atom. The monoisotopic (exact) mass is 335 g/mol. The average Bonchev–Trinajstić information content (AvgIpc) is 2.43. The van der Waals surface area contributed by atoms with E-state index in [0.29, 0.717) is 5.02 Å². The van der Waals surface area contributed by atoms with Crippen LogP contribution in [0.4, 0.5) is 5.69 Å². The van der Waals surface area contributed by atoms with Crippen LogP contribution in [0.5, 0.6) is 0 Å². The van der Waals surface area contributed by atoms with E-state index in [-0.39, 0.29) is 28.8 Å². The number of carbonyl (C=O) groups excluding carboxylic acids is 2. The molecule has 1 aromatic rings. The maximum absolute atomic E-state index is 12.2. The highest BCUT2D eigenvalue weighted by Gasteiger charge is 2.13. The third-order valence-electron chi connectivity index (χ3n) is 2.67. The summed E-state index contributed by atoms with van der Waals surface area (Å²) in [6, 6.07) is 4.43. The lowest BCUT2D eigenvalue weighted by molar-refractivity contribution is -0.114. The van der Waals surface area contributed by atoms with Crippen LogP contribution < -0.4 is 10.6 Å². The minimum Gasteiger partial charge on any atom is -0.363 e. The first-order valence-electron chi connectivity index (χ1n) is 6.61. The largest absolute Gasteiger partial charge is 0.363 e. The third kappa shape index (κ3) is 5.91. The molecule has 0 saturated heterocycles. The second-order valence-corrected chi connectivity index (χ2v) is 5.29. The van der Waals surface area contributed by atoms with Crippen molar-refractivity contribution in [1.82, 2.24) is 10.2 Å². The fraction of sp³-hybridized carbons (Fsp3) is 0.200. The van der Waals surface area contributed by atoms with Gasteiger partial charge < -0.3 is 15.5 Å². The van der Waals surface area contributed by atoms with E-state index in [4.69, 9.17) is 22.4 Å². The minimum absolute atomic E-state index is 0.176. The summed E-state index contributed by atoms with van der Waals surface area (Å²) in [5.74, 6) is -0.882. The zero-order valence-electron chi connectivity index (χ0n) is 13.0. The molecule has 4 N–H and O–H groups in total. The number of halogens is 1. The van der Waals surface area contributed by atoms with E-state index in [9.17, 15) is 9.59 Å². The molecule has 0 atom stereocenters. The Kier molecular flexibility index (Phi) is 6.47. The van der Waals surface area contributed by atoms with Gasteiger partial charge >= 0.3 is 0 Å². The summed E-state index contributed by atoms with van der Waals surface area (Å²) in [5.41, 5.74) is 0.450. The summed E-state index contributed by atoms with van der Waals surface area (Å²) in [6.45, 7) is 1.32. The van der Waals surface area contributed by atoms with Crippen molar-refractivity contribution in [2.75, 3.05) is 19.4 Å². The number of hydrogen-bond acceptors (Lipinski definition) is 4. The van der Waals surface area contributed by atoms with Crippen LogP contribution in [0, 0.1) is 10.8 Å². The predicted molar refractivity (Wildman–Crippen MR) is 91.5 cm³/mol. The summed E-state index contributed by atoms with van der Waals surface area (Å²) in [6.07, 6.45) is 2.69. The van der Waals surface area contributed by atoms with Gasteiger partial charge in [-0.1, -0.05) is 11.6 Å². The number of nitrogens with one attached hydrogen (secondary N) is 4. The number of amidine groups is 2. The Morgan fingerprint density at radius 3 is 2.43 bits per heavy atom. The summed E-state index contributed by atoms with van der Waals surface area (Å²) in [4.78, 5) is 25.0. The van der Waals surface area contributed by atoms with Gasteiger partial charge in [0.15, 0.2) is 0 Å². The lowest BCUT2D eigenvalue weighted by atomic mass is 10.1. The molecule has 122 valence electrons. The van der Waals surface area contributed by atoms with Crippen molar-refractivity contribution in [2.24, 2.45) is 0 Å². The molecule has 0 fully saturated rings. The van der Waals surface area contributed by atoms with E-state index in [2.05, 4.69) is 10.6 Å². The number of rotatable bonds is 4. The van der Waals surface area contributed by atoms with Gasteiger partial charge in [-0.15, -0.1) is 0 Å². The zero-order chi connectivity index (χ0) is 17.6. The van der Waals surface area contributed by atoms with Crippen molar-refractivity contribution < 1.29 is 9.59 Å². The van der Waals surface area contributed by atoms with E-state index in [0.717, 1.165) is 0 Å². The van der Waals surface area contributed by atoms with Crippen molar-refractivity contribution in [2.45, 2.75) is 6.92 Å². The molecule has 0 unspecified atom stereocenters. The smallest absolute Gasteiger partial charge is 0.258 e. The van der Waals surface area contributed by atoms with Crippen LogP contribution in [0.15, 0.2) is 30.4 Å². The predicted octanol–water partition coefficient (Wildman–Crippen LogP) is 2.10. The van der Waals surface area contributed by atoms with Gasteiger partial charge in [0.25, 0.3) is 5.91 Å². The van der Waals surface area contributed by atoms with Crippen molar-refractivity contribution in [3.63, 3.8) is 0 Å². The topological polar surface area (TPSA) is 109 Å². The Bertz CT molecular complexity index is 682. The fourth-order valence-corrected chi connectivity index (χ4v) is 1.72. The molecule has 0 aliphatic carbocycles. The molecule has 2 amide bonds. The van der Waals surface area contributed by atoms with Gasteiger partial charge in [0.2, 0.25) is 5.91 Å². The quantitative estimate of drug-likeness (QED) is 0.499. The molecule has 0 heterocycles. The van der Waals surface area contributed by atoms with Crippen molar-refractivity contribution in [3.8, 4) is 0 Å². The van der Waals surface area contributed by atoms with Crippen LogP contribution in [-0.4, -0.2) is 42.5 Å². The van der Waals surface area contributed by atoms with Crippen LogP contribution >= 0.6 is 11.6 Å². The normalized spacial score (nSPS) is 10.3. The molecule has 0 spiro atoms. The van der Waals surface area contributed by atoms with Crippen LogP contribution in [-0.2, 0) is 4.79 Å². The van der Waals surface area contributed by atoms with Crippen molar-refractivity contribution in [3.05, 3.63) is 40.9 Å². The molecule has 8 heteroatoms. The van der Waals surface area contributed by atoms with Crippen molar-refractivity contribution >= 4 is 40.8 Å². The summed E-state index contributed by atoms with van der Waals surface area (Å²) in [5, 5.41) is 20.6. The number of amides is 2. The molecular formula is C15H18ClN5O2. The highest BCUT2D eigenvalue weighted by atomic mass is 35.5. The lowest BCUT2D eigenvalue weighted by Gasteiger charge is -2.11. The van der Waals surface area contributed by atoms with Gasteiger partial charge in [-0.3, -0.25) is 20.4 Å². The molecule has 0 saturated carbocycles. The van der Waals surface area contributed by atoms with E-state index in [1.54, 1.807) is 19.0 Å². The number of carbonyl (C=O) groups is 2. The molecule has 1 rings (SSSR count). The first-order valence-corrected chi connectivity index (χ1v) is 6.99. The van der Waals surface area contributed by atoms with Gasteiger partial charge in [-0.25, -0.2) is 0 Å². The van der Waals surface area contributed by atoms with E-state index in [1.807, 2.05) is 0 Å². The molecule has 23 heavy (non-hydrogen) atoms. The van der Waals surface area contributed by atoms with Gasteiger partial charge in [-0.2, -0.15) is 0 Å². The molecule has 1 aromatic carbocycles. The number of hydrogen-bond donors (Lipinski definition) is 4. The second-order valence-electron chi connectivity index (χ2n) is 4.85. The van der Waals surface area contributed by atoms with Crippen LogP contribution in [0.2, 0.25) is 5.02 Å². The van der Waals surface area contributed by atoms with Gasteiger partial charge in [0.1, 0.15) is 11.7 Å². The molecule has 0 aliphatic heterocycles. The fourth-order valence-electron chi connectivity index (χ4n) is 1.55. The molecule has 0 aromatic heterocycles. The van der Waals surface area contributed by atoms with Crippen LogP contribution in [0.3, 0.4) is 0 Å². The molecular weight excluding hydrogens is 318 g/mol. The lowest BCUT2D eigenvalue weighted by Crippen LogP contribution is -2.30. The van der Waals surface area contributed by atoms with Gasteiger partial charge in [0.05, 0.1) is 11.3 Å². The average molecular weight is 336 g/mol. The van der Waals surface area contributed by atoms with E-state index < -0.39 is 5.91 Å². The summed E-state index contributed by atoms with van der Waals surface area (Å²) in [7, 11) is 3.39. The number of nitrogens with zero attached hydrogens (tertiary/aromatic N) is 1. The highest BCUT2D eigenvalue weighted by molar-refractivity contribution is 6.31. The Hall–Kier alpha value is -2.67. The third-order valence-corrected chi connectivity index (χ3v) is 2.91. The minimum atomic E-state index is -0.559. The molecule has 0 aliphatic rings. The van der Waals surface area contributed by atoms with E-state index in [1.165, 1.54) is 37.3 Å². The Morgan fingerprint density at radius 1 is 1.22 bits per heavy atom. The number of anilines is 1. The standard InChI is InChI=1S/C15H18ClN5O2/c1-9(22)19-12-8-10(16)4-5-11(12)15(23)20-13(17)6-7-14(18)21(2)3/h4-8,18H,1-3H3,(H,19,22)(H2,17,20,23)/b7-6-,18-14?. The maximum Gasteiger partial charge on any atom is 0.258 e. The summed E-state index contributed by atoms with van der Waals surface area (Å²) >= 11 is 5.86. The SMILES string of the molecule is CC(=O)Nc1cc(Cl)ccc1C(=O)NC(=N)/C=C\C(=N)N(C)C. The van der Waals surface area contributed by atoms with Gasteiger partial charge in [0, 0.05) is 26.0 Å². The maximum atomic E-state index is 12.2. The number of benzene rings is 1. The van der Waals surface area contributed by atoms with Crippen LogP contribution in [0.1, 0.15) is 17.3 Å².